The quantitative estimate of drug-likeness (QED) is 0.340. The molecule has 0 saturated carbocycles. The van der Waals surface area contributed by atoms with Crippen LogP contribution in [0.25, 0.3) is 0 Å². The number of amides is 1. The number of hydrogen-bond acceptors (Lipinski definition) is 5. The highest BCUT2D eigenvalue weighted by Gasteiger charge is 2.31. The first kappa shape index (κ1) is 22.9. The van der Waals surface area contributed by atoms with Gasteiger partial charge in [-0.05, 0) is 59.7 Å². The summed E-state index contributed by atoms with van der Waals surface area (Å²) >= 11 is 0. The van der Waals surface area contributed by atoms with Crippen molar-refractivity contribution in [2.24, 2.45) is 5.10 Å². The predicted molar refractivity (Wildman–Crippen MR) is 149 cm³/mol. The van der Waals surface area contributed by atoms with E-state index in [2.05, 4.69) is 46.3 Å². The summed E-state index contributed by atoms with van der Waals surface area (Å²) in [7, 11) is 3.69. The van der Waals surface area contributed by atoms with Crippen LogP contribution < -0.4 is 19.5 Å². The van der Waals surface area contributed by atoms with E-state index in [9.17, 15) is 4.79 Å². The Bertz CT molecular complexity index is 1450. The van der Waals surface area contributed by atoms with Crippen molar-refractivity contribution in [3.63, 3.8) is 0 Å². The fourth-order valence-corrected chi connectivity index (χ4v) is 5.11. The van der Waals surface area contributed by atoms with Gasteiger partial charge < -0.3 is 9.64 Å². The van der Waals surface area contributed by atoms with Crippen molar-refractivity contribution >= 4 is 28.7 Å². The number of methoxy groups -OCH3 is 1. The first-order valence-corrected chi connectivity index (χ1v) is 12.4. The summed E-state index contributed by atoms with van der Waals surface area (Å²) in [5.41, 5.74) is 6.87. The third-order valence-corrected chi connectivity index (χ3v) is 7.09. The van der Waals surface area contributed by atoms with Gasteiger partial charge in [-0.1, -0.05) is 54.6 Å². The van der Waals surface area contributed by atoms with Gasteiger partial charge in [-0.3, -0.25) is 14.7 Å². The second-order valence-electron chi connectivity index (χ2n) is 9.36. The average Bonchev–Trinajstić information content (AvgIpc) is 3.41. The van der Waals surface area contributed by atoms with Crippen LogP contribution >= 0.6 is 0 Å². The average molecular weight is 489 g/mol. The van der Waals surface area contributed by atoms with Gasteiger partial charge in [0.2, 0.25) is 0 Å². The van der Waals surface area contributed by atoms with E-state index in [1.54, 1.807) is 7.11 Å². The Morgan fingerprint density at radius 2 is 1.51 bits per heavy atom. The second-order valence-corrected chi connectivity index (χ2v) is 9.36. The Balaban J connectivity index is 1.29. The molecule has 2 heterocycles. The molecule has 37 heavy (non-hydrogen) atoms. The Morgan fingerprint density at radius 1 is 0.811 bits per heavy atom. The summed E-state index contributed by atoms with van der Waals surface area (Å²) in [6.45, 7) is 0.511. The number of carbonyl (C=O) groups excluding carboxylic acids is 1. The van der Waals surface area contributed by atoms with Crippen LogP contribution in [0.5, 0.6) is 5.75 Å². The minimum Gasteiger partial charge on any atom is -0.497 e. The van der Waals surface area contributed by atoms with Crippen LogP contribution in [0.4, 0.5) is 17.1 Å². The van der Waals surface area contributed by atoms with Crippen molar-refractivity contribution in [1.82, 2.24) is 0 Å². The topological polar surface area (TPSA) is 48.4 Å². The molecule has 1 unspecified atom stereocenters. The molecule has 6 heteroatoms. The molecule has 2 aliphatic rings. The van der Waals surface area contributed by atoms with Gasteiger partial charge in [0.15, 0.2) is 0 Å². The van der Waals surface area contributed by atoms with Crippen molar-refractivity contribution in [2.45, 2.75) is 12.5 Å². The molecule has 0 fully saturated rings. The largest absolute Gasteiger partial charge is 0.497 e. The van der Waals surface area contributed by atoms with Crippen molar-refractivity contribution < 1.29 is 9.53 Å². The number of fused-ring (bicyclic) bond motifs is 1. The van der Waals surface area contributed by atoms with Crippen molar-refractivity contribution in [3.8, 4) is 5.75 Å². The first-order valence-electron chi connectivity index (χ1n) is 12.4. The van der Waals surface area contributed by atoms with Crippen molar-refractivity contribution in [3.05, 3.63) is 120 Å². The maximum atomic E-state index is 13.2. The first-order chi connectivity index (χ1) is 18.1. The molecule has 1 amide bonds. The highest BCUT2D eigenvalue weighted by Crippen LogP contribution is 2.37. The zero-order chi connectivity index (χ0) is 25.4. The van der Waals surface area contributed by atoms with E-state index in [4.69, 9.17) is 9.84 Å². The molecule has 4 aromatic carbocycles. The van der Waals surface area contributed by atoms with Crippen LogP contribution in [0.1, 0.15) is 33.9 Å². The molecular weight excluding hydrogens is 460 g/mol. The molecular formula is C31H28N4O2. The summed E-state index contributed by atoms with van der Waals surface area (Å²) in [5, 5.41) is 7.16. The smallest absolute Gasteiger partial charge is 0.261 e. The molecule has 0 radical (unpaired) electrons. The van der Waals surface area contributed by atoms with E-state index in [0.29, 0.717) is 6.67 Å². The lowest BCUT2D eigenvalue weighted by Gasteiger charge is -2.35. The fraction of sp³-hybridized carbons (Fsp3) is 0.161. The number of carbonyl (C=O) groups is 1. The maximum Gasteiger partial charge on any atom is 0.261 e. The molecule has 1 atom stereocenters. The maximum absolute atomic E-state index is 13.2. The highest BCUT2D eigenvalue weighted by molar-refractivity contribution is 6.12. The van der Waals surface area contributed by atoms with Gasteiger partial charge in [0.1, 0.15) is 5.75 Å². The molecule has 0 spiro atoms. The number of anilines is 3. The molecule has 0 aliphatic carbocycles. The Kier molecular flexibility index (Phi) is 5.85. The van der Waals surface area contributed by atoms with Gasteiger partial charge >= 0.3 is 0 Å². The van der Waals surface area contributed by atoms with Gasteiger partial charge in [-0.25, -0.2) is 0 Å². The summed E-state index contributed by atoms with van der Waals surface area (Å²) in [6, 6.07) is 34.5. The molecule has 6 nitrogen and oxygen atoms in total. The standard InChI is InChI=1S/C31H28N4O2/c1-33-21-34(31(36)27-10-6-7-11-29(27)33)24-16-12-22(13-17-24)28-20-30(23-14-18-26(37-2)19-15-23)35(32-28)25-8-4-3-5-9-25/h3-19,30H,20-21H2,1-2H3. The number of para-hydroxylation sites is 2. The van der Waals surface area contributed by atoms with Crippen LogP contribution in [-0.2, 0) is 0 Å². The van der Waals surface area contributed by atoms with Crippen LogP contribution in [0, 0.1) is 0 Å². The zero-order valence-electron chi connectivity index (χ0n) is 20.9. The summed E-state index contributed by atoms with van der Waals surface area (Å²) in [5.74, 6) is 0.861. The lowest BCUT2D eigenvalue weighted by Crippen LogP contribution is -2.45. The van der Waals surface area contributed by atoms with Gasteiger partial charge in [0.25, 0.3) is 5.91 Å². The van der Waals surface area contributed by atoms with Gasteiger partial charge in [-0.2, -0.15) is 5.10 Å². The summed E-state index contributed by atoms with van der Waals surface area (Å²) < 4.78 is 5.36. The minimum atomic E-state index is 0.0227. The second kappa shape index (κ2) is 9.47. The number of nitrogens with zero attached hydrogens (tertiary/aromatic N) is 4. The Hall–Kier alpha value is -4.58. The molecule has 0 bridgehead atoms. The zero-order valence-corrected chi connectivity index (χ0v) is 20.9. The van der Waals surface area contributed by atoms with E-state index in [1.807, 2.05) is 78.7 Å². The molecule has 184 valence electrons. The summed E-state index contributed by atoms with van der Waals surface area (Å²) in [6.07, 6.45) is 0.777. The van der Waals surface area contributed by atoms with Crippen LogP contribution in [0.2, 0.25) is 0 Å². The fourth-order valence-electron chi connectivity index (χ4n) is 5.11. The van der Waals surface area contributed by atoms with Crippen molar-refractivity contribution in [2.75, 3.05) is 35.6 Å². The van der Waals surface area contributed by atoms with Gasteiger partial charge in [0, 0.05) is 19.2 Å². The number of hydrogen-bond donors (Lipinski definition) is 0. The summed E-state index contributed by atoms with van der Waals surface area (Å²) in [4.78, 5) is 17.1. The number of ether oxygens (including phenoxy) is 1. The Morgan fingerprint density at radius 3 is 2.24 bits per heavy atom. The lowest BCUT2D eigenvalue weighted by atomic mass is 9.97. The van der Waals surface area contributed by atoms with E-state index < -0.39 is 0 Å². The molecule has 6 rings (SSSR count). The van der Waals surface area contributed by atoms with Crippen LogP contribution in [0.15, 0.2) is 108 Å². The normalized spacial score (nSPS) is 17.0. The van der Waals surface area contributed by atoms with Crippen LogP contribution in [-0.4, -0.2) is 32.4 Å². The minimum absolute atomic E-state index is 0.0227. The lowest BCUT2D eigenvalue weighted by molar-refractivity contribution is 0.0983. The number of benzene rings is 4. The highest BCUT2D eigenvalue weighted by atomic mass is 16.5. The van der Waals surface area contributed by atoms with Crippen LogP contribution in [0.3, 0.4) is 0 Å². The SMILES string of the molecule is COc1ccc(C2CC(c3ccc(N4CN(C)c5ccccc5C4=O)cc3)=NN2c2ccccc2)cc1. The van der Waals surface area contributed by atoms with E-state index in [0.717, 1.165) is 46.1 Å². The third kappa shape index (κ3) is 4.20. The van der Waals surface area contributed by atoms with Crippen molar-refractivity contribution in [1.29, 1.82) is 0 Å². The Labute approximate surface area is 217 Å². The molecule has 0 N–H and O–H groups in total. The van der Waals surface area contributed by atoms with Gasteiger partial charge in [0.05, 0.1) is 42.5 Å². The molecule has 0 aromatic heterocycles. The van der Waals surface area contributed by atoms with E-state index in [1.165, 1.54) is 5.56 Å². The number of hydrazone groups is 1. The molecule has 4 aromatic rings. The monoisotopic (exact) mass is 488 g/mol. The third-order valence-electron chi connectivity index (χ3n) is 7.09. The predicted octanol–water partition coefficient (Wildman–Crippen LogP) is 6.11. The van der Waals surface area contributed by atoms with E-state index >= 15 is 0 Å². The van der Waals surface area contributed by atoms with E-state index in [-0.39, 0.29) is 11.9 Å². The molecule has 2 aliphatic heterocycles. The molecule has 0 saturated heterocycles. The van der Waals surface area contributed by atoms with Gasteiger partial charge in [-0.15, -0.1) is 0 Å². The number of rotatable bonds is 5.